The Balaban J connectivity index is 1.67. The first-order valence-corrected chi connectivity index (χ1v) is 9.25. The Morgan fingerprint density at radius 2 is 1.83 bits per heavy atom. The van der Waals surface area contributed by atoms with Crippen LogP contribution in [0.4, 0.5) is 0 Å². The van der Waals surface area contributed by atoms with E-state index in [9.17, 15) is 9.59 Å². The van der Waals surface area contributed by atoms with E-state index in [0.717, 1.165) is 45.3 Å². The predicted octanol–water partition coefficient (Wildman–Crippen LogP) is 3.10. The third-order valence-electron chi connectivity index (χ3n) is 5.46. The summed E-state index contributed by atoms with van der Waals surface area (Å²) in [7, 11) is 0. The zero-order valence-corrected chi connectivity index (χ0v) is 14.8. The van der Waals surface area contributed by atoms with Crippen LogP contribution < -0.4 is 0 Å². The summed E-state index contributed by atoms with van der Waals surface area (Å²) in [5, 5.41) is 0. The second kappa shape index (κ2) is 7.37. The smallest absolute Gasteiger partial charge is 0.245 e. The molecule has 2 fully saturated rings. The van der Waals surface area contributed by atoms with Crippen LogP contribution in [0.3, 0.4) is 0 Å². The van der Waals surface area contributed by atoms with Crippen LogP contribution in [0.25, 0.3) is 0 Å². The number of benzene rings is 1. The lowest BCUT2D eigenvalue weighted by atomic mass is 9.97. The van der Waals surface area contributed by atoms with E-state index < -0.39 is 0 Å². The highest BCUT2D eigenvalue weighted by Gasteiger charge is 2.37. The van der Waals surface area contributed by atoms with Gasteiger partial charge in [-0.15, -0.1) is 0 Å². The van der Waals surface area contributed by atoms with Crippen molar-refractivity contribution >= 4 is 11.8 Å². The van der Waals surface area contributed by atoms with Crippen LogP contribution in [0.15, 0.2) is 24.3 Å². The third-order valence-corrected chi connectivity index (χ3v) is 5.46. The summed E-state index contributed by atoms with van der Waals surface area (Å²) in [6, 6.07) is 8.41. The second-order valence-corrected chi connectivity index (χ2v) is 7.13. The number of carbonyl (C=O) groups excluding carboxylic acids is 2. The molecule has 4 heteroatoms. The van der Waals surface area contributed by atoms with Gasteiger partial charge in [0.15, 0.2) is 0 Å². The summed E-state index contributed by atoms with van der Waals surface area (Å²) in [4.78, 5) is 29.0. The van der Waals surface area contributed by atoms with Crippen molar-refractivity contribution in [3.8, 4) is 0 Å². The average molecular weight is 328 g/mol. The summed E-state index contributed by atoms with van der Waals surface area (Å²) >= 11 is 0. The molecule has 0 bridgehead atoms. The molecule has 3 rings (SSSR count). The Bertz CT molecular complexity index is 596. The molecular formula is C20H28N2O2. The van der Waals surface area contributed by atoms with Crippen LogP contribution in [0.5, 0.6) is 0 Å². The van der Waals surface area contributed by atoms with E-state index in [2.05, 4.69) is 31.2 Å². The van der Waals surface area contributed by atoms with Crippen LogP contribution in [0.2, 0.25) is 0 Å². The third kappa shape index (κ3) is 3.47. The molecule has 2 aliphatic rings. The monoisotopic (exact) mass is 328 g/mol. The van der Waals surface area contributed by atoms with Gasteiger partial charge in [0.25, 0.3) is 0 Å². The normalized spacial score (nSPS) is 24.2. The van der Waals surface area contributed by atoms with E-state index in [1.165, 1.54) is 11.1 Å². The summed E-state index contributed by atoms with van der Waals surface area (Å²) < 4.78 is 0. The number of hydrogen-bond donors (Lipinski definition) is 0. The molecule has 2 amide bonds. The van der Waals surface area contributed by atoms with Crippen LogP contribution in [-0.4, -0.2) is 47.3 Å². The predicted molar refractivity (Wildman–Crippen MR) is 94.8 cm³/mol. The summed E-state index contributed by atoms with van der Waals surface area (Å²) in [6.45, 7) is 6.30. The molecule has 0 aromatic heterocycles. The maximum atomic E-state index is 13.0. The Morgan fingerprint density at radius 3 is 2.54 bits per heavy atom. The van der Waals surface area contributed by atoms with Crippen LogP contribution >= 0.6 is 0 Å². The van der Waals surface area contributed by atoms with Crippen molar-refractivity contribution in [3.63, 3.8) is 0 Å². The van der Waals surface area contributed by atoms with E-state index in [-0.39, 0.29) is 17.9 Å². The van der Waals surface area contributed by atoms with Gasteiger partial charge in [-0.1, -0.05) is 36.8 Å². The summed E-state index contributed by atoms with van der Waals surface area (Å²) in [5.41, 5.74) is 2.58. The zero-order valence-electron chi connectivity index (χ0n) is 14.8. The highest BCUT2D eigenvalue weighted by Crippen LogP contribution is 2.29. The van der Waals surface area contributed by atoms with E-state index >= 15 is 0 Å². The molecule has 2 saturated heterocycles. The molecule has 1 aromatic carbocycles. The van der Waals surface area contributed by atoms with Crippen molar-refractivity contribution in [1.82, 2.24) is 9.80 Å². The van der Waals surface area contributed by atoms with E-state index in [1.54, 1.807) is 0 Å². The van der Waals surface area contributed by atoms with Gasteiger partial charge >= 0.3 is 0 Å². The fraction of sp³-hybridized carbons (Fsp3) is 0.600. The average Bonchev–Trinajstić information content (AvgIpc) is 3.11. The van der Waals surface area contributed by atoms with E-state index in [4.69, 9.17) is 0 Å². The van der Waals surface area contributed by atoms with E-state index in [0.29, 0.717) is 12.3 Å². The molecular weight excluding hydrogens is 300 g/mol. The van der Waals surface area contributed by atoms with Gasteiger partial charge in [-0.3, -0.25) is 9.59 Å². The highest BCUT2D eigenvalue weighted by molar-refractivity contribution is 5.88. The first-order chi connectivity index (χ1) is 11.6. The quantitative estimate of drug-likeness (QED) is 0.855. The first-order valence-electron chi connectivity index (χ1n) is 9.25. The van der Waals surface area contributed by atoms with Gasteiger partial charge in [0, 0.05) is 32.0 Å². The van der Waals surface area contributed by atoms with Crippen molar-refractivity contribution in [2.24, 2.45) is 0 Å². The van der Waals surface area contributed by atoms with Crippen LogP contribution in [0.1, 0.15) is 56.1 Å². The summed E-state index contributed by atoms with van der Waals surface area (Å²) in [6.07, 6.45) is 4.37. The SMILES string of the molecule is CCC(=O)N1CCCCC1C(=O)N1CCC(c2ccc(C)cc2)C1. The number of likely N-dealkylation sites (tertiary alicyclic amines) is 2. The molecule has 0 spiro atoms. The lowest BCUT2D eigenvalue weighted by Crippen LogP contribution is -2.52. The van der Waals surface area contributed by atoms with Gasteiger partial charge in [0.05, 0.1) is 0 Å². The fourth-order valence-electron chi connectivity index (χ4n) is 3.97. The molecule has 0 aliphatic carbocycles. The minimum atomic E-state index is -0.233. The van der Waals surface area contributed by atoms with Crippen LogP contribution in [-0.2, 0) is 9.59 Å². The molecule has 2 aliphatic heterocycles. The van der Waals surface area contributed by atoms with Crippen LogP contribution in [0, 0.1) is 6.92 Å². The number of nitrogens with zero attached hydrogens (tertiary/aromatic N) is 2. The minimum Gasteiger partial charge on any atom is -0.340 e. The van der Waals surface area contributed by atoms with Crippen molar-refractivity contribution in [2.45, 2.75) is 57.9 Å². The lowest BCUT2D eigenvalue weighted by Gasteiger charge is -2.36. The van der Waals surface area contributed by atoms with Crippen molar-refractivity contribution in [2.75, 3.05) is 19.6 Å². The standard InChI is InChI=1S/C20H28N2O2/c1-3-19(23)22-12-5-4-6-18(22)20(24)21-13-11-17(14-21)16-9-7-15(2)8-10-16/h7-10,17-18H,3-6,11-14H2,1-2H3. The largest absolute Gasteiger partial charge is 0.340 e. The topological polar surface area (TPSA) is 40.6 Å². The number of amides is 2. The molecule has 0 N–H and O–H groups in total. The fourth-order valence-corrected chi connectivity index (χ4v) is 3.97. The molecule has 4 nitrogen and oxygen atoms in total. The molecule has 24 heavy (non-hydrogen) atoms. The molecule has 0 radical (unpaired) electrons. The second-order valence-electron chi connectivity index (χ2n) is 7.13. The molecule has 2 heterocycles. The van der Waals surface area contributed by atoms with Crippen molar-refractivity contribution in [3.05, 3.63) is 35.4 Å². The van der Waals surface area contributed by atoms with Crippen molar-refractivity contribution in [1.29, 1.82) is 0 Å². The Kier molecular flexibility index (Phi) is 5.22. The van der Waals surface area contributed by atoms with Gasteiger partial charge in [-0.2, -0.15) is 0 Å². The first kappa shape index (κ1) is 17.0. The summed E-state index contributed by atoms with van der Waals surface area (Å²) in [5.74, 6) is 0.696. The van der Waals surface area contributed by atoms with Gasteiger partial charge in [-0.05, 0) is 38.2 Å². The Hall–Kier alpha value is -1.84. The lowest BCUT2D eigenvalue weighted by molar-refractivity contribution is -0.146. The van der Waals surface area contributed by atoms with Gasteiger partial charge in [-0.25, -0.2) is 0 Å². The van der Waals surface area contributed by atoms with Gasteiger partial charge in [0.2, 0.25) is 11.8 Å². The number of aryl methyl sites for hydroxylation is 1. The van der Waals surface area contributed by atoms with Gasteiger partial charge in [0.1, 0.15) is 6.04 Å². The number of piperidine rings is 1. The molecule has 2 atom stereocenters. The Labute approximate surface area is 144 Å². The highest BCUT2D eigenvalue weighted by atomic mass is 16.2. The number of hydrogen-bond acceptors (Lipinski definition) is 2. The molecule has 2 unspecified atom stereocenters. The van der Waals surface area contributed by atoms with E-state index in [1.807, 2.05) is 16.7 Å². The number of rotatable bonds is 3. The Morgan fingerprint density at radius 1 is 1.08 bits per heavy atom. The maximum Gasteiger partial charge on any atom is 0.245 e. The zero-order chi connectivity index (χ0) is 17.1. The molecule has 0 saturated carbocycles. The maximum absolute atomic E-state index is 13.0. The minimum absolute atomic E-state index is 0.113. The molecule has 130 valence electrons. The molecule has 1 aromatic rings. The number of carbonyl (C=O) groups is 2. The van der Waals surface area contributed by atoms with Gasteiger partial charge < -0.3 is 9.80 Å². The van der Waals surface area contributed by atoms with Crippen molar-refractivity contribution < 1.29 is 9.59 Å².